The smallest absolute Gasteiger partial charge is 0.323 e. The van der Waals surface area contributed by atoms with Gasteiger partial charge in [0.25, 0.3) is 0 Å². The molecule has 260 valence electrons. The Morgan fingerprint density at radius 3 is 2.24 bits per heavy atom. The Labute approximate surface area is 288 Å². The number of hydrazine groups is 1. The van der Waals surface area contributed by atoms with Gasteiger partial charge in [-0.3, -0.25) is 14.7 Å². The van der Waals surface area contributed by atoms with Crippen LogP contribution < -0.4 is 19.8 Å². The predicted molar refractivity (Wildman–Crippen MR) is 193 cm³/mol. The van der Waals surface area contributed by atoms with Crippen LogP contribution in [0.3, 0.4) is 0 Å². The molecule has 3 amide bonds. The third-order valence-corrected chi connectivity index (χ3v) is 9.50. The molecule has 0 unspecified atom stereocenters. The molecule has 0 saturated carbocycles. The highest BCUT2D eigenvalue weighted by Gasteiger charge is 2.31. The number of fused-ring (bicyclic) bond motifs is 1. The number of nitrogens with zero attached hydrogens (tertiary/aromatic N) is 4. The summed E-state index contributed by atoms with van der Waals surface area (Å²) in [5.74, 6) is -0.428. The zero-order chi connectivity index (χ0) is 35.5. The van der Waals surface area contributed by atoms with Crippen LogP contribution in [-0.2, 0) is 31.5 Å². The average molecular weight is 689 g/mol. The van der Waals surface area contributed by atoms with Gasteiger partial charge in [0.15, 0.2) is 5.75 Å². The fraction of sp³-hybridized carbons (Fsp3) is 0.361. The molecule has 0 spiro atoms. The molecule has 5 rings (SSSR count). The van der Waals surface area contributed by atoms with Gasteiger partial charge in [0.05, 0.1) is 43.6 Å². The van der Waals surface area contributed by atoms with Crippen molar-refractivity contribution in [3.05, 3.63) is 78.1 Å². The highest BCUT2D eigenvalue weighted by atomic mass is 32.2. The van der Waals surface area contributed by atoms with Gasteiger partial charge in [0, 0.05) is 50.8 Å². The molecule has 1 saturated heterocycles. The van der Waals surface area contributed by atoms with Crippen LogP contribution in [0.25, 0.3) is 21.9 Å². The number of aromatic nitrogens is 1. The predicted octanol–water partition coefficient (Wildman–Crippen LogP) is 5.84. The van der Waals surface area contributed by atoms with Crippen molar-refractivity contribution in [3.8, 4) is 16.9 Å². The number of ether oxygens (including phenoxy) is 2. The van der Waals surface area contributed by atoms with Gasteiger partial charge in [-0.1, -0.05) is 57.2 Å². The number of rotatable bonds is 9. The van der Waals surface area contributed by atoms with Crippen molar-refractivity contribution >= 4 is 49.8 Å². The molecule has 1 fully saturated rings. The monoisotopic (exact) mass is 688 g/mol. The minimum atomic E-state index is -3.99. The molecule has 0 bridgehead atoms. The van der Waals surface area contributed by atoms with E-state index in [1.807, 2.05) is 69.4 Å². The summed E-state index contributed by atoms with van der Waals surface area (Å²) in [5, 5.41) is 8.59. The van der Waals surface area contributed by atoms with Gasteiger partial charge in [-0.2, -0.15) is 4.41 Å². The molecule has 0 aliphatic carbocycles. The van der Waals surface area contributed by atoms with Crippen molar-refractivity contribution in [2.24, 2.45) is 0 Å². The van der Waals surface area contributed by atoms with Gasteiger partial charge < -0.3 is 20.1 Å². The Kier molecular flexibility index (Phi) is 10.5. The zero-order valence-electron chi connectivity index (χ0n) is 29.0. The van der Waals surface area contributed by atoms with Gasteiger partial charge in [-0.05, 0) is 46.2 Å². The molecule has 2 N–H and O–H groups in total. The van der Waals surface area contributed by atoms with Crippen molar-refractivity contribution < 1.29 is 27.5 Å². The summed E-state index contributed by atoms with van der Waals surface area (Å²) >= 11 is 0. The first-order valence-electron chi connectivity index (χ1n) is 16.0. The number of hydrogen-bond donors (Lipinski definition) is 2. The van der Waals surface area contributed by atoms with Crippen molar-refractivity contribution in [2.75, 3.05) is 61.8 Å². The Bertz CT molecular complexity index is 1950. The van der Waals surface area contributed by atoms with Crippen molar-refractivity contribution in [1.29, 1.82) is 0 Å². The Morgan fingerprint density at radius 1 is 0.980 bits per heavy atom. The zero-order valence-corrected chi connectivity index (χ0v) is 29.8. The first kappa shape index (κ1) is 35.6. The second-order valence-electron chi connectivity index (χ2n) is 13.1. The lowest BCUT2D eigenvalue weighted by Gasteiger charge is -2.33. The molecule has 1 aliphatic heterocycles. The highest BCUT2D eigenvalue weighted by Crippen LogP contribution is 2.42. The van der Waals surface area contributed by atoms with E-state index >= 15 is 0 Å². The molecule has 1 aliphatic rings. The van der Waals surface area contributed by atoms with Crippen LogP contribution in [0.2, 0.25) is 0 Å². The molecule has 0 radical (unpaired) electrons. The second-order valence-corrected chi connectivity index (χ2v) is 14.9. The summed E-state index contributed by atoms with van der Waals surface area (Å²) < 4.78 is 38.0. The highest BCUT2D eigenvalue weighted by molar-refractivity contribution is 7.92. The molecule has 3 aromatic carbocycles. The second kappa shape index (κ2) is 14.4. The lowest BCUT2D eigenvalue weighted by atomic mass is 9.86. The molecule has 12 nitrogen and oxygen atoms in total. The van der Waals surface area contributed by atoms with Gasteiger partial charge >= 0.3 is 6.03 Å². The number of amides is 3. The van der Waals surface area contributed by atoms with E-state index in [4.69, 9.17) is 14.5 Å². The SMILES string of the molecule is COc1c(NC(=O)Nc2ccc(-c3ccc(CN4CCOCC4)nc3)c3ccccc23)cc(C(C)(C)C)cc1N(N(C)C(C)=O)S(C)(=O)=O. The van der Waals surface area contributed by atoms with E-state index in [9.17, 15) is 18.0 Å². The maximum atomic E-state index is 13.6. The number of urea groups is 1. The molecule has 1 aromatic heterocycles. The lowest BCUT2D eigenvalue weighted by Crippen LogP contribution is -2.46. The van der Waals surface area contributed by atoms with E-state index in [-0.39, 0.29) is 17.1 Å². The third-order valence-electron chi connectivity index (χ3n) is 8.43. The summed E-state index contributed by atoms with van der Waals surface area (Å²) in [5.41, 5.74) is 4.09. The molecule has 49 heavy (non-hydrogen) atoms. The molecule has 2 heterocycles. The number of benzene rings is 3. The maximum absolute atomic E-state index is 13.6. The van der Waals surface area contributed by atoms with Crippen LogP contribution in [0.5, 0.6) is 5.75 Å². The maximum Gasteiger partial charge on any atom is 0.323 e. The summed E-state index contributed by atoms with van der Waals surface area (Å²) in [6.45, 7) is 11.2. The standard InChI is InChI=1S/C36H44N6O6S/c1-24(43)40(5)42(49(7,45)46)33-21-26(36(2,3)4)20-32(34(33)47-6)39-35(44)38-31-15-14-28(29-10-8-9-11-30(29)31)25-12-13-27(37-22-25)23-41-16-18-48-19-17-41/h8-15,20-22H,16-19,23H2,1-7H3,(H2,38,39,44). The Balaban J connectivity index is 1.46. The number of pyridine rings is 1. The largest absolute Gasteiger partial charge is 0.492 e. The minimum Gasteiger partial charge on any atom is -0.492 e. The number of hydrogen-bond acceptors (Lipinski definition) is 8. The van der Waals surface area contributed by atoms with E-state index in [1.54, 1.807) is 12.1 Å². The van der Waals surface area contributed by atoms with Crippen molar-refractivity contribution in [3.63, 3.8) is 0 Å². The molecular formula is C36H44N6O6S. The molecular weight excluding hydrogens is 644 g/mol. The number of nitrogens with one attached hydrogen (secondary N) is 2. The summed E-state index contributed by atoms with van der Waals surface area (Å²) in [6, 6.07) is 18.6. The first-order chi connectivity index (χ1) is 23.2. The molecule has 13 heteroatoms. The average Bonchev–Trinajstić information content (AvgIpc) is 3.04. The fourth-order valence-electron chi connectivity index (χ4n) is 5.79. The topological polar surface area (TPSA) is 133 Å². The van der Waals surface area contributed by atoms with E-state index < -0.39 is 27.4 Å². The number of carbonyl (C=O) groups is 2. The Morgan fingerprint density at radius 2 is 1.65 bits per heavy atom. The molecule has 0 atom stereocenters. The number of carbonyl (C=O) groups excluding carboxylic acids is 2. The number of morpholine rings is 1. The summed E-state index contributed by atoms with van der Waals surface area (Å²) in [4.78, 5) is 33.0. The lowest BCUT2D eigenvalue weighted by molar-refractivity contribution is -0.127. The normalized spacial score (nSPS) is 13.9. The van der Waals surface area contributed by atoms with E-state index in [2.05, 4.69) is 21.6 Å². The van der Waals surface area contributed by atoms with Crippen LogP contribution in [0, 0.1) is 0 Å². The van der Waals surface area contributed by atoms with Crippen LogP contribution in [0.4, 0.5) is 21.9 Å². The van der Waals surface area contributed by atoms with Gasteiger partial charge in [-0.15, -0.1) is 0 Å². The minimum absolute atomic E-state index is 0.0754. The van der Waals surface area contributed by atoms with Crippen LogP contribution >= 0.6 is 0 Å². The third kappa shape index (κ3) is 8.12. The summed E-state index contributed by atoms with van der Waals surface area (Å²) in [7, 11) is -1.26. The van der Waals surface area contributed by atoms with E-state index in [0.717, 1.165) is 76.1 Å². The summed E-state index contributed by atoms with van der Waals surface area (Å²) in [6.07, 6.45) is 2.88. The van der Waals surface area contributed by atoms with Crippen molar-refractivity contribution in [2.45, 2.75) is 39.7 Å². The number of anilines is 3. The number of methoxy groups -OCH3 is 1. The van der Waals surface area contributed by atoms with Crippen LogP contribution in [-0.4, -0.2) is 82.0 Å². The van der Waals surface area contributed by atoms with Crippen molar-refractivity contribution in [1.82, 2.24) is 14.9 Å². The quantitative estimate of drug-likeness (QED) is 0.210. The van der Waals surface area contributed by atoms with Gasteiger partial charge in [0.1, 0.15) is 5.69 Å². The molecule has 4 aromatic rings. The van der Waals surface area contributed by atoms with Gasteiger partial charge in [-0.25, -0.2) is 18.2 Å². The first-order valence-corrected chi connectivity index (χ1v) is 17.8. The van der Waals surface area contributed by atoms with E-state index in [0.29, 0.717) is 11.3 Å². The fourth-order valence-corrected chi connectivity index (χ4v) is 6.84. The Hall–Kier alpha value is -4.72. The van der Waals surface area contributed by atoms with Crippen LogP contribution in [0.15, 0.2) is 66.9 Å². The van der Waals surface area contributed by atoms with Gasteiger partial charge in [0.2, 0.25) is 15.9 Å². The number of sulfonamides is 1. The van der Waals surface area contributed by atoms with E-state index in [1.165, 1.54) is 21.1 Å². The van der Waals surface area contributed by atoms with Crippen LogP contribution in [0.1, 0.15) is 39.0 Å².